The number of benzene rings is 1. The van der Waals surface area contributed by atoms with Gasteiger partial charge in [-0.1, -0.05) is 22.0 Å². The standard InChI is InChI=1S/C9H7BrF3NO/c10-4-8(15)5-1-2-6(7(14)3-5)9(11,12)13/h1-3H,4,14H2. The Balaban J connectivity index is 3.15. The number of alkyl halides is 4. The van der Waals surface area contributed by atoms with Crippen LogP contribution in [-0.2, 0) is 6.18 Å². The number of carbonyl (C=O) groups is 1. The van der Waals surface area contributed by atoms with E-state index in [0.717, 1.165) is 18.2 Å². The van der Waals surface area contributed by atoms with E-state index in [9.17, 15) is 18.0 Å². The second-order valence-corrected chi connectivity index (χ2v) is 3.42. The second-order valence-electron chi connectivity index (χ2n) is 2.86. The number of nitrogen functional groups attached to an aromatic ring is 1. The molecule has 1 aromatic rings. The number of hydrogen-bond donors (Lipinski definition) is 1. The molecule has 2 N–H and O–H groups in total. The van der Waals surface area contributed by atoms with Crippen LogP contribution < -0.4 is 5.73 Å². The third-order valence-corrected chi connectivity index (χ3v) is 2.31. The predicted octanol–water partition coefficient (Wildman–Crippen LogP) is 2.87. The molecule has 0 unspecified atom stereocenters. The highest BCUT2D eigenvalue weighted by molar-refractivity contribution is 9.09. The molecule has 0 radical (unpaired) electrons. The molecule has 0 aliphatic carbocycles. The van der Waals surface area contributed by atoms with Gasteiger partial charge in [-0.15, -0.1) is 0 Å². The fourth-order valence-electron chi connectivity index (χ4n) is 1.07. The van der Waals surface area contributed by atoms with Crippen molar-refractivity contribution >= 4 is 27.4 Å². The van der Waals surface area contributed by atoms with Crippen LogP contribution in [-0.4, -0.2) is 11.1 Å². The largest absolute Gasteiger partial charge is 0.418 e. The van der Waals surface area contributed by atoms with Gasteiger partial charge < -0.3 is 5.73 Å². The summed E-state index contributed by atoms with van der Waals surface area (Å²) in [6.07, 6.45) is -4.49. The highest BCUT2D eigenvalue weighted by Gasteiger charge is 2.32. The molecule has 0 amide bonds. The highest BCUT2D eigenvalue weighted by atomic mass is 79.9. The summed E-state index contributed by atoms with van der Waals surface area (Å²) < 4.78 is 36.9. The Labute approximate surface area is 92.4 Å². The molecular formula is C9H7BrF3NO. The monoisotopic (exact) mass is 281 g/mol. The summed E-state index contributed by atoms with van der Waals surface area (Å²) in [6, 6.07) is 2.96. The molecule has 0 heterocycles. The number of hydrogen-bond acceptors (Lipinski definition) is 2. The van der Waals surface area contributed by atoms with Crippen LogP contribution in [0.2, 0.25) is 0 Å². The third-order valence-electron chi connectivity index (χ3n) is 1.80. The first-order valence-corrected chi connectivity index (χ1v) is 5.04. The first-order valence-electron chi connectivity index (χ1n) is 3.92. The molecule has 0 spiro atoms. The first kappa shape index (κ1) is 12.0. The molecule has 0 aromatic heterocycles. The molecule has 2 nitrogen and oxygen atoms in total. The lowest BCUT2D eigenvalue weighted by atomic mass is 10.1. The van der Waals surface area contributed by atoms with E-state index in [4.69, 9.17) is 5.73 Å². The summed E-state index contributed by atoms with van der Waals surface area (Å²) >= 11 is 2.92. The molecule has 0 aliphatic heterocycles. The van der Waals surface area contributed by atoms with Crippen LogP contribution >= 0.6 is 15.9 Å². The summed E-state index contributed by atoms with van der Waals surface area (Å²) in [5, 5.41) is 0.0534. The summed E-state index contributed by atoms with van der Waals surface area (Å²) in [5.41, 5.74) is 4.02. The van der Waals surface area contributed by atoms with Gasteiger partial charge in [0.2, 0.25) is 0 Å². The van der Waals surface area contributed by atoms with E-state index in [-0.39, 0.29) is 16.7 Å². The van der Waals surface area contributed by atoms with Gasteiger partial charge in [-0.25, -0.2) is 0 Å². The normalized spacial score (nSPS) is 11.5. The maximum atomic E-state index is 12.3. The minimum absolute atomic E-state index is 0.0534. The zero-order valence-electron chi connectivity index (χ0n) is 7.44. The van der Waals surface area contributed by atoms with E-state index in [2.05, 4.69) is 15.9 Å². The van der Waals surface area contributed by atoms with Crippen molar-refractivity contribution < 1.29 is 18.0 Å². The van der Waals surface area contributed by atoms with Crippen LogP contribution in [0.1, 0.15) is 15.9 Å². The van der Waals surface area contributed by atoms with Gasteiger partial charge in [0.05, 0.1) is 10.9 Å². The third kappa shape index (κ3) is 2.71. The molecule has 1 rings (SSSR count). The van der Waals surface area contributed by atoms with E-state index < -0.39 is 17.4 Å². The lowest BCUT2D eigenvalue weighted by Crippen LogP contribution is -2.10. The maximum Gasteiger partial charge on any atom is 0.418 e. The van der Waals surface area contributed by atoms with Crippen LogP contribution in [0.4, 0.5) is 18.9 Å². The van der Waals surface area contributed by atoms with Crippen molar-refractivity contribution in [1.29, 1.82) is 0 Å². The molecule has 0 bridgehead atoms. The van der Waals surface area contributed by atoms with Crippen LogP contribution in [0.5, 0.6) is 0 Å². The molecule has 82 valence electrons. The highest BCUT2D eigenvalue weighted by Crippen LogP contribution is 2.33. The fourth-order valence-corrected chi connectivity index (χ4v) is 1.40. The van der Waals surface area contributed by atoms with Crippen molar-refractivity contribution in [2.45, 2.75) is 6.18 Å². The van der Waals surface area contributed by atoms with Gasteiger partial charge in [-0.3, -0.25) is 4.79 Å². The Bertz CT molecular complexity index is 389. The number of Topliss-reactive ketones (excluding diaryl/α,β-unsaturated/α-hetero) is 1. The maximum absolute atomic E-state index is 12.3. The van der Waals surface area contributed by atoms with E-state index >= 15 is 0 Å². The van der Waals surface area contributed by atoms with Gasteiger partial charge in [0, 0.05) is 11.3 Å². The summed E-state index contributed by atoms with van der Waals surface area (Å²) in [6.45, 7) is 0. The minimum Gasteiger partial charge on any atom is -0.398 e. The summed E-state index contributed by atoms with van der Waals surface area (Å²) in [4.78, 5) is 11.1. The van der Waals surface area contributed by atoms with Crippen molar-refractivity contribution in [2.75, 3.05) is 11.1 Å². The number of ketones is 1. The molecule has 0 saturated heterocycles. The molecule has 15 heavy (non-hydrogen) atoms. The topological polar surface area (TPSA) is 43.1 Å². The lowest BCUT2D eigenvalue weighted by Gasteiger charge is -2.10. The molecule has 0 fully saturated rings. The Morgan fingerprint density at radius 1 is 1.40 bits per heavy atom. The molecule has 0 aliphatic rings. The molecule has 0 atom stereocenters. The Morgan fingerprint density at radius 2 is 2.00 bits per heavy atom. The van der Waals surface area contributed by atoms with Crippen molar-refractivity contribution in [1.82, 2.24) is 0 Å². The minimum atomic E-state index is -4.49. The SMILES string of the molecule is Nc1cc(C(=O)CBr)ccc1C(F)(F)F. The van der Waals surface area contributed by atoms with E-state index in [1.807, 2.05) is 0 Å². The smallest absolute Gasteiger partial charge is 0.398 e. The van der Waals surface area contributed by atoms with Gasteiger partial charge in [0.1, 0.15) is 0 Å². The van der Waals surface area contributed by atoms with Gasteiger partial charge in [-0.2, -0.15) is 13.2 Å². The van der Waals surface area contributed by atoms with E-state index in [1.165, 1.54) is 0 Å². The second kappa shape index (κ2) is 4.22. The molecular weight excluding hydrogens is 275 g/mol. The van der Waals surface area contributed by atoms with Crippen LogP contribution in [0.3, 0.4) is 0 Å². The molecule has 6 heteroatoms. The van der Waals surface area contributed by atoms with Gasteiger partial charge >= 0.3 is 6.18 Å². The first-order chi connectivity index (χ1) is 6.86. The summed E-state index contributed by atoms with van der Waals surface area (Å²) in [7, 11) is 0. The lowest BCUT2D eigenvalue weighted by molar-refractivity contribution is -0.136. The number of nitrogens with two attached hydrogens (primary N) is 1. The molecule has 1 aromatic carbocycles. The van der Waals surface area contributed by atoms with Crippen molar-refractivity contribution in [2.24, 2.45) is 0 Å². The van der Waals surface area contributed by atoms with Crippen molar-refractivity contribution in [3.63, 3.8) is 0 Å². The summed E-state index contributed by atoms with van der Waals surface area (Å²) in [5.74, 6) is -0.310. The van der Waals surface area contributed by atoms with Crippen molar-refractivity contribution in [3.05, 3.63) is 29.3 Å². The van der Waals surface area contributed by atoms with Crippen LogP contribution in [0.25, 0.3) is 0 Å². The average Bonchev–Trinajstić information content (AvgIpc) is 2.14. The van der Waals surface area contributed by atoms with Gasteiger partial charge in [0.15, 0.2) is 5.78 Å². The zero-order chi connectivity index (χ0) is 11.6. The quantitative estimate of drug-likeness (QED) is 0.515. The van der Waals surface area contributed by atoms with Crippen molar-refractivity contribution in [3.8, 4) is 0 Å². The van der Waals surface area contributed by atoms with Crippen LogP contribution in [0, 0.1) is 0 Å². The Hall–Kier alpha value is -1.04. The fraction of sp³-hybridized carbons (Fsp3) is 0.222. The number of anilines is 1. The zero-order valence-corrected chi connectivity index (χ0v) is 9.02. The van der Waals surface area contributed by atoms with Gasteiger partial charge in [-0.05, 0) is 12.1 Å². The number of carbonyl (C=O) groups excluding carboxylic acids is 1. The predicted molar refractivity (Wildman–Crippen MR) is 54.0 cm³/mol. The number of halogens is 4. The van der Waals surface area contributed by atoms with E-state index in [0.29, 0.717) is 0 Å². The van der Waals surface area contributed by atoms with Gasteiger partial charge in [0.25, 0.3) is 0 Å². The van der Waals surface area contributed by atoms with Crippen LogP contribution in [0.15, 0.2) is 18.2 Å². The van der Waals surface area contributed by atoms with E-state index in [1.54, 1.807) is 0 Å². The molecule has 0 saturated carbocycles. The number of rotatable bonds is 2. The average molecular weight is 282 g/mol. The Kier molecular flexibility index (Phi) is 3.38. The Morgan fingerprint density at radius 3 is 2.40 bits per heavy atom.